The van der Waals surface area contributed by atoms with Gasteiger partial charge in [0.2, 0.25) is 0 Å². The Morgan fingerprint density at radius 1 is 1.29 bits per heavy atom. The molecule has 0 bridgehead atoms. The summed E-state index contributed by atoms with van der Waals surface area (Å²) in [5, 5.41) is 20.5. The highest BCUT2D eigenvalue weighted by molar-refractivity contribution is 5.89. The molecule has 1 atom stereocenters. The third kappa shape index (κ3) is 3.57. The first-order valence-corrected chi connectivity index (χ1v) is 5.27. The Labute approximate surface area is 99.1 Å². The normalized spacial score (nSPS) is 12.1. The van der Waals surface area contributed by atoms with Gasteiger partial charge in [0.05, 0.1) is 5.56 Å². The number of aryl methyl sites for hydroxylation is 1. The lowest BCUT2D eigenvalue weighted by atomic mass is 10.0. The quantitative estimate of drug-likeness (QED) is 0.686. The zero-order chi connectivity index (χ0) is 12.8. The number of nitrogens with one attached hydrogen (secondary N) is 1. The number of aliphatic carboxylic acids is 1. The number of carboxylic acid groups (broad SMARTS) is 2. The molecular formula is C12H15NO4. The number of hydrogen-bond donors (Lipinski definition) is 3. The van der Waals surface area contributed by atoms with Crippen molar-refractivity contribution in [1.29, 1.82) is 0 Å². The fourth-order valence-electron chi connectivity index (χ4n) is 1.64. The van der Waals surface area contributed by atoms with E-state index in [1.54, 1.807) is 25.2 Å². The zero-order valence-corrected chi connectivity index (χ0v) is 9.51. The first kappa shape index (κ1) is 13.2. The third-order valence-electron chi connectivity index (χ3n) is 2.60. The maximum absolute atomic E-state index is 10.9. The molecule has 0 unspecified atom stereocenters. The van der Waals surface area contributed by atoms with Crippen molar-refractivity contribution in [2.75, 3.05) is 7.05 Å². The first-order chi connectivity index (χ1) is 8.06. The summed E-state index contributed by atoms with van der Waals surface area (Å²) in [4.78, 5) is 21.7. The summed E-state index contributed by atoms with van der Waals surface area (Å²) in [6.45, 7) is 0. The molecule has 0 aliphatic carbocycles. The van der Waals surface area contributed by atoms with Crippen LogP contribution in [0.2, 0.25) is 0 Å². The minimum atomic E-state index is -0.989. The van der Waals surface area contributed by atoms with E-state index < -0.39 is 18.0 Å². The monoisotopic (exact) mass is 237 g/mol. The van der Waals surface area contributed by atoms with Gasteiger partial charge >= 0.3 is 11.9 Å². The molecule has 0 aromatic heterocycles. The van der Waals surface area contributed by atoms with Crippen LogP contribution < -0.4 is 5.32 Å². The minimum Gasteiger partial charge on any atom is -0.480 e. The average molecular weight is 237 g/mol. The Morgan fingerprint density at radius 2 is 1.94 bits per heavy atom. The van der Waals surface area contributed by atoms with Crippen LogP contribution in [0.1, 0.15) is 22.3 Å². The minimum absolute atomic E-state index is 0.229. The molecule has 0 saturated heterocycles. The van der Waals surface area contributed by atoms with Crippen LogP contribution in [-0.4, -0.2) is 35.2 Å². The van der Waals surface area contributed by atoms with Crippen molar-refractivity contribution in [3.63, 3.8) is 0 Å². The van der Waals surface area contributed by atoms with E-state index in [9.17, 15) is 9.59 Å². The van der Waals surface area contributed by atoms with Gasteiger partial charge in [0.25, 0.3) is 0 Å². The van der Waals surface area contributed by atoms with Gasteiger partial charge in [-0.15, -0.1) is 0 Å². The Morgan fingerprint density at radius 3 is 2.47 bits per heavy atom. The van der Waals surface area contributed by atoms with E-state index >= 15 is 0 Å². The van der Waals surface area contributed by atoms with Gasteiger partial charge in [-0.25, -0.2) is 4.79 Å². The van der Waals surface area contributed by atoms with Gasteiger partial charge in [-0.1, -0.05) is 18.2 Å². The van der Waals surface area contributed by atoms with E-state index in [4.69, 9.17) is 10.2 Å². The molecule has 92 valence electrons. The maximum Gasteiger partial charge on any atom is 0.335 e. The van der Waals surface area contributed by atoms with Crippen LogP contribution in [-0.2, 0) is 11.2 Å². The standard InChI is InChI=1S/C12H15NO4/c1-13-10(12(16)17)7-6-8-4-2-3-5-9(8)11(14)15/h2-5,10,13H,6-7H2,1H3,(H,14,15)(H,16,17)/t10-/m1/s1. The van der Waals surface area contributed by atoms with Crippen LogP contribution in [0.15, 0.2) is 24.3 Å². The van der Waals surface area contributed by atoms with Crippen LogP contribution in [0.25, 0.3) is 0 Å². The molecule has 0 heterocycles. The molecule has 5 nitrogen and oxygen atoms in total. The maximum atomic E-state index is 10.9. The SMILES string of the molecule is CN[C@H](CCc1ccccc1C(=O)O)C(=O)O. The highest BCUT2D eigenvalue weighted by Crippen LogP contribution is 2.12. The number of carbonyl (C=O) groups is 2. The zero-order valence-electron chi connectivity index (χ0n) is 9.51. The summed E-state index contributed by atoms with van der Waals surface area (Å²) in [6.07, 6.45) is 0.774. The van der Waals surface area contributed by atoms with Crippen LogP contribution in [0.3, 0.4) is 0 Å². The predicted molar refractivity (Wildman–Crippen MR) is 62.2 cm³/mol. The number of rotatable bonds is 6. The van der Waals surface area contributed by atoms with Gasteiger partial charge in [0, 0.05) is 0 Å². The van der Waals surface area contributed by atoms with E-state index in [2.05, 4.69) is 5.32 Å². The van der Waals surface area contributed by atoms with Crippen molar-refractivity contribution in [1.82, 2.24) is 5.32 Å². The lowest BCUT2D eigenvalue weighted by Gasteiger charge is -2.11. The van der Waals surface area contributed by atoms with Crippen molar-refractivity contribution in [3.05, 3.63) is 35.4 Å². The number of likely N-dealkylation sites (N-methyl/N-ethyl adjacent to an activating group) is 1. The second-order valence-corrected chi connectivity index (χ2v) is 3.68. The molecule has 17 heavy (non-hydrogen) atoms. The van der Waals surface area contributed by atoms with Gasteiger partial charge < -0.3 is 15.5 Å². The summed E-state index contributed by atoms with van der Waals surface area (Å²) in [5.41, 5.74) is 0.884. The molecule has 0 radical (unpaired) electrons. The van der Waals surface area contributed by atoms with Crippen molar-refractivity contribution < 1.29 is 19.8 Å². The largest absolute Gasteiger partial charge is 0.480 e. The fraction of sp³-hybridized carbons (Fsp3) is 0.333. The summed E-state index contributed by atoms with van der Waals surface area (Å²) in [5.74, 6) is -1.92. The van der Waals surface area contributed by atoms with E-state index in [-0.39, 0.29) is 5.56 Å². The van der Waals surface area contributed by atoms with Gasteiger partial charge in [0.1, 0.15) is 6.04 Å². The third-order valence-corrected chi connectivity index (χ3v) is 2.60. The predicted octanol–water partition coefficient (Wildman–Crippen LogP) is 0.990. The molecule has 3 N–H and O–H groups in total. The lowest BCUT2D eigenvalue weighted by Crippen LogP contribution is -2.34. The smallest absolute Gasteiger partial charge is 0.335 e. The molecule has 0 saturated carbocycles. The highest BCUT2D eigenvalue weighted by atomic mass is 16.4. The molecule has 0 aliphatic rings. The van der Waals surface area contributed by atoms with E-state index in [1.807, 2.05) is 0 Å². The molecule has 1 aromatic rings. The van der Waals surface area contributed by atoms with Crippen LogP contribution >= 0.6 is 0 Å². The van der Waals surface area contributed by atoms with Crippen molar-refractivity contribution >= 4 is 11.9 Å². The molecule has 0 spiro atoms. The molecular weight excluding hydrogens is 222 g/mol. The second kappa shape index (κ2) is 6.00. The molecule has 1 aromatic carbocycles. The molecule has 5 heteroatoms. The summed E-state index contributed by atoms with van der Waals surface area (Å²) in [6, 6.07) is 5.97. The van der Waals surface area contributed by atoms with Crippen molar-refractivity contribution in [2.45, 2.75) is 18.9 Å². The van der Waals surface area contributed by atoms with E-state index in [1.165, 1.54) is 6.07 Å². The molecule has 0 amide bonds. The van der Waals surface area contributed by atoms with Gasteiger partial charge in [-0.05, 0) is 31.5 Å². The topological polar surface area (TPSA) is 86.6 Å². The Kier molecular flexibility index (Phi) is 4.66. The molecule has 1 rings (SSSR count). The lowest BCUT2D eigenvalue weighted by molar-refractivity contribution is -0.139. The van der Waals surface area contributed by atoms with Gasteiger partial charge in [0.15, 0.2) is 0 Å². The van der Waals surface area contributed by atoms with Gasteiger partial charge in [-0.2, -0.15) is 0 Å². The van der Waals surface area contributed by atoms with Crippen LogP contribution in [0.5, 0.6) is 0 Å². The van der Waals surface area contributed by atoms with Crippen molar-refractivity contribution in [2.24, 2.45) is 0 Å². The number of aromatic carboxylic acids is 1. The van der Waals surface area contributed by atoms with Crippen molar-refractivity contribution in [3.8, 4) is 0 Å². The summed E-state index contributed by atoms with van der Waals surface area (Å²) >= 11 is 0. The Hall–Kier alpha value is -1.88. The molecule has 0 fully saturated rings. The molecule has 0 aliphatic heterocycles. The van der Waals surface area contributed by atoms with E-state index in [0.29, 0.717) is 18.4 Å². The van der Waals surface area contributed by atoms with Crippen LogP contribution in [0, 0.1) is 0 Å². The summed E-state index contributed by atoms with van der Waals surface area (Å²) in [7, 11) is 1.57. The van der Waals surface area contributed by atoms with Crippen LogP contribution in [0.4, 0.5) is 0 Å². The Bertz CT molecular complexity index is 417. The average Bonchev–Trinajstić information content (AvgIpc) is 2.29. The second-order valence-electron chi connectivity index (χ2n) is 3.68. The highest BCUT2D eigenvalue weighted by Gasteiger charge is 2.16. The number of carboxylic acids is 2. The fourth-order valence-corrected chi connectivity index (χ4v) is 1.64. The first-order valence-electron chi connectivity index (χ1n) is 5.27. The number of benzene rings is 1. The summed E-state index contributed by atoms with van der Waals surface area (Å²) < 4.78 is 0. The van der Waals surface area contributed by atoms with E-state index in [0.717, 1.165) is 0 Å². The van der Waals surface area contributed by atoms with Gasteiger partial charge in [-0.3, -0.25) is 4.79 Å². The number of hydrogen-bond acceptors (Lipinski definition) is 3. The Balaban J connectivity index is 2.75.